The highest BCUT2D eigenvalue weighted by atomic mass is 32.1. The molecule has 10 nitrogen and oxygen atoms in total. The first-order chi connectivity index (χ1) is 22.1. The van der Waals surface area contributed by atoms with Crippen molar-refractivity contribution < 1.29 is 23.0 Å². The van der Waals surface area contributed by atoms with E-state index in [0.29, 0.717) is 51.4 Å². The Balaban J connectivity index is 1.64. The highest BCUT2D eigenvalue weighted by Gasteiger charge is 2.31. The fourth-order valence-corrected chi connectivity index (χ4v) is 6.72. The quantitative estimate of drug-likeness (QED) is 0.142. The van der Waals surface area contributed by atoms with Crippen molar-refractivity contribution in [1.29, 1.82) is 0 Å². The van der Waals surface area contributed by atoms with Crippen LogP contribution in [0.5, 0.6) is 5.75 Å². The van der Waals surface area contributed by atoms with Crippen LogP contribution in [0.2, 0.25) is 0 Å². The smallest absolute Gasteiger partial charge is 0.267 e. The highest BCUT2D eigenvalue weighted by Crippen LogP contribution is 2.47. The van der Waals surface area contributed by atoms with Gasteiger partial charge in [0.05, 0.1) is 48.4 Å². The molecule has 0 fully saturated rings. The van der Waals surface area contributed by atoms with Crippen LogP contribution < -0.4 is 10.3 Å². The Bertz CT molecular complexity index is 2030. The third kappa shape index (κ3) is 5.49. The van der Waals surface area contributed by atoms with Crippen molar-refractivity contribution in [3.63, 3.8) is 0 Å². The van der Waals surface area contributed by atoms with E-state index in [4.69, 9.17) is 19.6 Å². The minimum absolute atomic E-state index is 0.0126. The van der Waals surface area contributed by atoms with Gasteiger partial charge in [-0.1, -0.05) is 6.58 Å². The Kier molecular flexibility index (Phi) is 8.53. The minimum atomic E-state index is -0.834. The van der Waals surface area contributed by atoms with Crippen molar-refractivity contribution in [2.75, 3.05) is 26.9 Å². The zero-order chi connectivity index (χ0) is 32.7. The largest absolute Gasteiger partial charge is 0.490 e. The number of amides is 1. The number of nitrogens with zero attached hydrogens (tertiary/aromatic N) is 6. The van der Waals surface area contributed by atoms with Gasteiger partial charge in [-0.05, 0) is 44.4 Å². The van der Waals surface area contributed by atoms with Gasteiger partial charge in [0.1, 0.15) is 35.4 Å². The number of aromatic nitrogens is 5. The minimum Gasteiger partial charge on any atom is -0.490 e. The predicted molar refractivity (Wildman–Crippen MR) is 172 cm³/mol. The van der Waals surface area contributed by atoms with Gasteiger partial charge in [0.2, 0.25) is 5.91 Å². The summed E-state index contributed by atoms with van der Waals surface area (Å²) in [6.07, 6.45) is 2.87. The van der Waals surface area contributed by atoms with Crippen LogP contribution in [0.4, 0.5) is 8.78 Å². The molecule has 1 aliphatic heterocycles. The topological polar surface area (TPSA) is 104 Å². The monoisotopic (exact) mass is 646 g/mol. The summed E-state index contributed by atoms with van der Waals surface area (Å²) in [5.41, 5.74) is 2.51. The summed E-state index contributed by atoms with van der Waals surface area (Å²) in [4.78, 5) is 32.3. The standard InChI is InChI=1S/C33H32F2N6O4S/c1-6-27(42)39-8-9-40-25(19(39)4)16-24(38-40)32-30(29-23(35)14-21(34)15-26(29)45-11-10-44-5)33-22(7-12-46-33)31(37-32)20-13-28(43)41(18(2)3)36-17-20/h6-7,12-19H,1,8-11H2,2-5H3/t19-/m1/s1. The SMILES string of the molecule is C=CC(=O)N1CCn2nc(-c3nc(-c4cnn(C(C)C)c(=O)c4)c4ccsc4c3-c3c(F)cc(F)cc3OCCOC)cc2[C@H]1C. The number of hydrogen-bond donors (Lipinski definition) is 0. The van der Waals surface area contributed by atoms with Crippen LogP contribution in [0, 0.1) is 11.6 Å². The summed E-state index contributed by atoms with van der Waals surface area (Å²) in [7, 11) is 1.51. The number of pyridine rings is 1. The van der Waals surface area contributed by atoms with E-state index in [0.717, 1.165) is 17.8 Å². The van der Waals surface area contributed by atoms with Crippen molar-refractivity contribution in [3.8, 4) is 39.5 Å². The van der Waals surface area contributed by atoms with Gasteiger partial charge in [-0.25, -0.2) is 18.4 Å². The Morgan fingerprint density at radius 1 is 1.15 bits per heavy atom. The van der Waals surface area contributed by atoms with Crippen LogP contribution in [0.3, 0.4) is 0 Å². The van der Waals surface area contributed by atoms with Crippen LogP contribution >= 0.6 is 11.3 Å². The lowest BCUT2D eigenvalue weighted by Crippen LogP contribution is -2.40. The number of ether oxygens (including phenoxy) is 2. The number of benzene rings is 1. The summed E-state index contributed by atoms with van der Waals surface area (Å²) in [5, 5.41) is 11.7. The molecule has 46 heavy (non-hydrogen) atoms. The van der Waals surface area contributed by atoms with Crippen LogP contribution in [0.1, 0.15) is 38.5 Å². The van der Waals surface area contributed by atoms with Gasteiger partial charge in [-0.3, -0.25) is 14.3 Å². The molecule has 5 aromatic rings. The summed E-state index contributed by atoms with van der Waals surface area (Å²) >= 11 is 1.35. The van der Waals surface area contributed by atoms with E-state index in [1.54, 1.807) is 15.8 Å². The van der Waals surface area contributed by atoms with Gasteiger partial charge in [0.25, 0.3) is 5.56 Å². The number of carbonyl (C=O) groups is 1. The van der Waals surface area contributed by atoms with Crippen molar-refractivity contribution >= 4 is 27.3 Å². The van der Waals surface area contributed by atoms with Gasteiger partial charge < -0.3 is 14.4 Å². The molecule has 1 amide bonds. The Morgan fingerprint density at radius 2 is 1.96 bits per heavy atom. The molecule has 0 aliphatic carbocycles. The number of hydrogen-bond acceptors (Lipinski definition) is 8. The third-order valence-corrected chi connectivity index (χ3v) is 8.90. The fraction of sp³-hybridized carbons (Fsp3) is 0.303. The Morgan fingerprint density at radius 3 is 2.67 bits per heavy atom. The zero-order valence-corrected chi connectivity index (χ0v) is 26.6. The highest BCUT2D eigenvalue weighted by molar-refractivity contribution is 7.18. The van der Waals surface area contributed by atoms with Gasteiger partial charge in [0.15, 0.2) is 0 Å². The van der Waals surface area contributed by atoms with Crippen LogP contribution in [0.25, 0.3) is 43.9 Å². The number of halogens is 2. The van der Waals surface area contributed by atoms with E-state index in [1.165, 1.54) is 35.3 Å². The third-order valence-electron chi connectivity index (χ3n) is 7.97. The summed E-state index contributed by atoms with van der Waals surface area (Å²) in [6, 6.07) is 6.63. The molecule has 0 N–H and O–H groups in total. The molecule has 4 aromatic heterocycles. The molecular formula is C33H32F2N6O4S. The fourth-order valence-electron chi connectivity index (χ4n) is 5.77. The summed E-state index contributed by atoms with van der Waals surface area (Å²) in [6.45, 7) is 10.4. The van der Waals surface area contributed by atoms with Crippen LogP contribution in [-0.4, -0.2) is 62.2 Å². The van der Waals surface area contributed by atoms with Crippen molar-refractivity contribution in [2.45, 2.75) is 39.4 Å². The van der Waals surface area contributed by atoms with E-state index in [-0.39, 0.29) is 48.1 Å². The van der Waals surface area contributed by atoms with Gasteiger partial charge in [-0.15, -0.1) is 11.3 Å². The molecule has 0 bridgehead atoms. The maximum absolute atomic E-state index is 16.0. The molecule has 1 aliphatic rings. The van der Waals surface area contributed by atoms with E-state index in [9.17, 15) is 14.0 Å². The van der Waals surface area contributed by atoms with Crippen molar-refractivity contribution in [2.24, 2.45) is 0 Å². The van der Waals surface area contributed by atoms with E-state index in [1.807, 2.05) is 38.3 Å². The lowest BCUT2D eigenvalue weighted by atomic mass is 9.96. The molecule has 1 atom stereocenters. The van der Waals surface area contributed by atoms with Gasteiger partial charge >= 0.3 is 0 Å². The zero-order valence-electron chi connectivity index (χ0n) is 25.8. The molecule has 0 spiro atoms. The number of carbonyl (C=O) groups excluding carboxylic acids is 1. The number of methoxy groups -OCH3 is 1. The molecule has 1 aromatic carbocycles. The average molecular weight is 647 g/mol. The molecule has 0 radical (unpaired) electrons. The summed E-state index contributed by atoms with van der Waals surface area (Å²) < 4.78 is 45.4. The van der Waals surface area contributed by atoms with Gasteiger partial charge in [0, 0.05) is 53.1 Å². The second-order valence-electron chi connectivity index (χ2n) is 11.2. The van der Waals surface area contributed by atoms with Crippen molar-refractivity contribution in [3.05, 3.63) is 82.2 Å². The molecule has 0 unspecified atom stereocenters. The molecule has 6 rings (SSSR count). The molecule has 0 saturated carbocycles. The average Bonchev–Trinajstić information content (AvgIpc) is 3.69. The lowest BCUT2D eigenvalue weighted by Gasteiger charge is -2.33. The Hall–Kier alpha value is -4.75. The van der Waals surface area contributed by atoms with Crippen molar-refractivity contribution in [1.82, 2.24) is 29.4 Å². The number of rotatable bonds is 9. The first-order valence-electron chi connectivity index (χ1n) is 14.8. The van der Waals surface area contributed by atoms with E-state index in [2.05, 4.69) is 11.7 Å². The molecular weight excluding hydrogens is 614 g/mol. The maximum atomic E-state index is 16.0. The first kappa shape index (κ1) is 31.2. The summed E-state index contributed by atoms with van der Waals surface area (Å²) in [5.74, 6) is -1.84. The van der Waals surface area contributed by atoms with E-state index >= 15 is 4.39 Å². The molecule has 0 saturated heterocycles. The normalized spacial score (nSPS) is 14.6. The molecule has 238 valence electrons. The van der Waals surface area contributed by atoms with Crippen LogP contribution in [0.15, 0.2) is 59.4 Å². The predicted octanol–water partition coefficient (Wildman–Crippen LogP) is 6.02. The molecule has 13 heteroatoms. The van der Waals surface area contributed by atoms with Crippen LogP contribution in [-0.2, 0) is 16.1 Å². The van der Waals surface area contributed by atoms with Gasteiger partial charge in [-0.2, -0.15) is 10.2 Å². The molecule has 5 heterocycles. The lowest BCUT2D eigenvalue weighted by molar-refractivity contribution is -0.129. The maximum Gasteiger partial charge on any atom is 0.267 e. The second kappa shape index (κ2) is 12.6. The first-order valence-corrected chi connectivity index (χ1v) is 15.6. The Labute approximate surface area is 267 Å². The second-order valence-corrected chi connectivity index (χ2v) is 12.1. The number of thiophene rings is 1. The van der Waals surface area contributed by atoms with E-state index < -0.39 is 11.6 Å². The number of fused-ring (bicyclic) bond motifs is 2.